The second-order valence-electron chi connectivity index (χ2n) is 3.90. The summed E-state index contributed by atoms with van der Waals surface area (Å²) in [5.41, 5.74) is -1.16. The van der Waals surface area contributed by atoms with E-state index in [1.54, 1.807) is 6.07 Å². The molecule has 1 aromatic rings. The third-order valence-corrected chi connectivity index (χ3v) is 2.04. The van der Waals surface area contributed by atoms with E-state index < -0.39 is 17.4 Å². The number of aliphatic carboxylic acids is 1. The Morgan fingerprint density at radius 2 is 1.94 bits per heavy atom. The summed E-state index contributed by atoms with van der Waals surface area (Å²) in [6.45, 7) is 2.82. The van der Waals surface area contributed by atoms with Crippen molar-refractivity contribution in [3.8, 4) is 0 Å². The molecule has 1 amide bonds. The van der Waals surface area contributed by atoms with Gasteiger partial charge < -0.3 is 5.11 Å². The maximum Gasteiger partial charge on any atom is 0.323 e. The first-order valence-electron chi connectivity index (χ1n) is 4.97. The third-order valence-electron chi connectivity index (χ3n) is 2.04. The molecule has 1 aromatic heterocycles. The maximum absolute atomic E-state index is 11.4. The number of hydrogen-bond donors (Lipinski definition) is 3. The lowest BCUT2D eigenvalue weighted by atomic mass is 10.1. The summed E-state index contributed by atoms with van der Waals surface area (Å²) < 4.78 is 0. The molecule has 0 aliphatic heterocycles. The highest BCUT2D eigenvalue weighted by Gasteiger charge is 2.26. The van der Waals surface area contributed by atoms with Crippen LogP contribution in [-0.4, -0.2) is 39.0 Å². The molecule has 7 heteroatoms. The van der Waals surface area contributed by atoms with Crippen LogP contribution in [0.1, 0.15) is 13.8 Å². The van der Waals surface area contributed by atoms with Gasteiger partial charge in [-0.1, -0.05) is 0 Å². The molecule has 0 radical (unpaired) electrons. The van der Waals surface area contributed by atoms with Crippen molar-refractivity contribution in [2.45, 2.75) is 19.4 Å². The molecule has 0 saturated carbocycles. The lowest BCUT2D eigenvalue weighted by Crippen LogP contribution is -2.49. The van der Waals surface area contributed by atoms with E-state index in [-0.39, 0.29) is 12.5 Å². The van der Waals surface area contributed by atoms with Gasteiger partial charge in [0.25, 0.3) is 0 Å². The smallest absolute Gasteiger partial charge is 0.323 e. The predicted octanol–water partition coefficient (Wildman–Crippen LogP) is -0.132. The third kappa shape index (κ3) is 4.15. The van der Waals surface area contributed by atoms with Gasteiger partial charge in [0, 0.05) is 12.4 Å². The molecule has 0 unspecified atom stereocenters. The van der Waals surface area contributed by atoms with Gasteiger partial charge >= 0.3 is 5.97 Å². The van der Waals surface area contributed by atoms with Crippen molar-refractivity contribution in [2.75, 3.05) is 11.9 Å². The van der Waals surface area contributed by atoms with Crippen LogP contribution >= 0.6 is 0 Å². The molecule has 1 heterocycles. The zero-order valence-corrected chi connectivity index (χ0v) is 9.60. The van der Waals surface area contributed by atoms with E-state index >= 15 is 0 Å². The normalized spacial score (nSPS) is 10.9. The molecular formula is C10H14N4O3. The topological polar surface area (TPSA) is 104 Å². The second-order valence-corrected chi connectivity index (χ2v) is 3.90. The summed E-state index contributed by atoms with van der Waals surface area (Å²) in [5, 5.41) is 13.9. The van der Waals surface area contributed by atoms with Crippen molar-refractivity contribution in [1.82, 2.24) is 15.3 Å². The Hall–Kier alpha value is -2.02. The summed E-state index contributed by atoms with van der Waals surface area (Å²) in [7, 11) is 0. The number of carboxylic acid groups (broad SMARTS) is 1. The van der Waals surface area contributed by atoms with Gasteiger partial charge in [0.15, 0.2) is 0 Å². The molecule has 17 heavy (non-hydrogen) atoms. The Kier molecular flexibility index (Phi) is 4.11. The molecule has 0 bridgehead atoms. The van der Waals surface area contributed by atoms with Crippen molar-refractivity contribution in [2.24, 2.45) is 0 Å². The van der Waals surface area contributed by atoms with Crippen LogP contribution in [0.15, 0.2) is 18.5 Å². The van der Waals surface area contributed by atoms with E-state index in [0.717, 1.165) is 0 Å². The Bertz CT molecular complexity index is 405. The number of aromatic nitrogens is 2. The standard InChI is InChI=1S/C10H14N4O3/c1-10(2,8(16)17)13-6-7(15)14-9-11-4-3-5-12-9/h3-5,13H,6H2,1-2H3,(H,16,17)(H,11,12,14,15). The first-order valence-corrected chi connectivity index (χ1v) is 4.97. The molecule has 0 atom stereocenters. The maximum atomic E-state index is 11.4. The molecule has 0 aromatic carbocycles. The molecule has 0 saturated heterocycles. The first-order chi connectivity index (χ1) is 7.92. The molecule has 0 spiro atoms. The van der Waals surface area contributed by atoms with E-state index in [1.165, 1.54) is 26.2 Å². The number of carboxylic acids is 1. The van der Waals surface area contributed by atoms with Crippen LogP contribution < -0.4 is 10.6 Å². The summed E-state index contributed by atoms with van der Waals surface area (Å²) in [6.07, 6.45) is 2.99. The molecule has 0 aliphatic carbocycles. The van der Waals surface area contributed by atoms with Gasteiger partial charge in [-0.15, -0.1) is 0 Å². The second kappa shape index (κ2) is 5.35. The van der Waals surface area contributed by atoms with Gasteiger partial charge in [-0.3, -0.25) is 20.2 Å². The lowest BCUT2D eigenvalue weighted by Gasteiger charge is -2.20. The minimum atomic E-state index is -1.16. The SMILES string of the molecule is CC(C)(NCC(=O)Nc1ncccn1)C(=O)O. The molecule has 92 valence electrons. The van der Waals surface area contributed by atoms with Crippen LogP contribution in [0.2, 0.25) is 0 Å². The van der Waals surface area contributed by atoms with E-state index in [4.69, 9.17) is 5.11 Å². The average Bonchev–Trinajstić information content (AvgIpc) is 2.28. The van der Waals surface area contributed by atoms with Crippen LogP contribution in [0.4, 0.5) is 5.95 Å². The van der Waals surface area contributed by atoms with Gasteiger partial charge in [0.1, 0.15) is 5.54 Å². The molecule has 3 N–H and O–H groups in total. The largest absolute Gasteiger partial charge is 0.480 e. The number of carbonyl (C=O) groups excluding carboxylic acids is 1. The van der Waals surface area contributed by atoms with E-state index in [9.17, 15) is 9.59 Å². The Morgan fingerprint density at radius 3 is 2.47 bits per heavy atom. The number of nitrogens with zero attached hydrogens (tertiary/aromatic N) is 2. The molecule has 7 nitrogen and oxygen atoms in total. The van der Waals surface area contributed by atoms with Crippen LogP contribution in [0.3, 0.4) is 0 Å². The monoisotopic (exact) mass is 238 g/mol. The average molecular weight is 238 g/mol. The van der Waals surface area contributed by atoms with Crippen molar-refractivity contribution >= 4 is 17.8 Å². The minimum absolute atomic E-state index is 0.127. The summed E-state index contributed by atoms with van der Waals surface area (Å²) in [6, 6.07) is 1.63. The Morgan fingerprint density at radius 1 is 1.35 bits per heavy atom. The van der Waals surface area contributed by atoms with Gasteiger partial charge in [-0.2, -0.15) is 0 Å². The Labute approximate surface area is 98.3 Å². The zero-order chi connectivity index (χ0) is 12.9. The number of carbonyl (C=O) groups is 2. The van der Waals surface area contributed by atoms with Crippen molar-refractivity contribution < 1.29 is 14.7 Å². The number of amides is 1. The van der Waals surface area contributed by atoms with Gasteiger partial charge in [0.2, 0.25) is 11.9 Å². The van der Waals surface area contributed by atoms with Gasteiger partial charge in [-0.25, -0.2) is 9.97 Å². The summed E-state index contributed by atoms with van der Waals surface area (Å²) in [5.74, 6) is -1.24. The Balaban J connectivity index is 2.44. The highest BCUT2D eigenvalue weighted by Crippen LogP contribution is 2.01. The van der Waals surface area contributed by atoms with E-state index in [0.29, 0.717) is 0 Å². The summed E-state index contributed by atoms with van der Waals surface area (Å²) >= 11 is 0. The molecule has 0 fully saturated rings. The molecular weight excluding hydrogens is 224 g/mol. The number of rotatable bonds is 5. The molecule has 1 rings (SSSR count). The predicted molar refractivity (Wildman–Crippen MR) is 60.4 cm³/mol. The fourth-order valence-electron chi connectivity index (χ4n) is 0.909. The first kappa shape index (κ1) is 13.0. The van der Waals surface area contributed by atoms with Gasteiger partial charge in [-0.05, 0) is 19.9 Å². The van der Waals surface area contributed by atoms with Crippen molar-refractivity contribution in [3.05, 3.63) is 18.5 Å². The highest BCUT2D eigenvalue weighted by molar-refractivity contribution is 5.91. The van der Waals surface area contributed by atoms with E-state index in [1.807, 2.05) is 0 Å². The van der Waals surface area contributed by atoms with Crippen molar-refractivity contribution in [3.63, 3.8) is 0 Å². The lowest BCUT2D eigenvalue weighted by molar-refractivity contribution is -0.143. The van der Waals surface area contributed by atoms with Gasteiger partial charge in [0.05, 0.1) is 6.54 Å². The summed E-state index contributed by atoms with van der Waals surface area (Å²) in [4.78, 5) is 29.8. The van der Waals surface area contributed by atoms with Crippen LogP contribution in [0.25, 0.3) is 0 Å². The fourth-order valence-corrected chi connectivity index (χ4v) is 0.909. The fraction of sp³-hybridized carbons (Fsp3) is 0.400. The number of nitrogens with one attached hydrogen (secondary N) is 2. The van der Waals surface area contributed by atoms with Crippen LogP contribution in [-0.2, 0) is 9.59 Å². The van der Waals surface area contributed by atoms with E-state index in [2.05, 4.69) is 20.6 Å². The van der Waals surface area contributed by atoms with Crippen LogP contribution in [0.5, 0.6) is 0 Å². The quantitative estimate of drug-likeness (QED) is 0.660. The van der Waals surface area contributed by atoms with Crippen molar-refractivity contribution in [1.29, 1.82) is 0 Å². The zero-order valence-electron chi connectivity index (χ0n) is 9.60. The minimum Gasteiger partial charge on any atom is -0.480 e. The molecule has 0 aliphatic rings. The van der Waals surface area contributed by atoms with Crippen LogP contribution in [0, 0.1) is 0 Å². The highest BCUT2D eigenvalue weighted by atomic mass is 16.4. The number of anilines is 1. The number of hydrogen-bond acceptors (Lipinski definition) is 5.